The van der Waals surface area contributed by atoms with Crippen LogP contribution in [0.25, 0.3) is 22.6 Å². The normalized spacial score (nSPS) is 11.7. The van der Waals surface area contributed by atoms with Crippen LogP contribution in [-0.4, -0.2) is 26.2 Å². The van der Waals surface area contributed by atoms with E-state index in [1.807, 2.05) is 57.2 Å². The van der Waals surface area contributed by atoms with Crippen LogP contribution in [0, 0.1) is 0 Å². The maximum Gasteiger partial charge on any atom is 0.420 e. The lowest BCUT2D eigenvalue weighted by Crippen LogP contribution is -2.27. The van der Waals surface area contributed by atoms with E-state index in [0.29, 0.717) is 22.6 Å². The van der Waals surface area contributed by atoms with Gasteiger partial charge in [0.2, 0.25) is 0 Å². The summed E-state index contributed by atoms with van der Waals surface area (Å²) in [6.45, 7) is 5.50. The Morgan fingerprint density at radius 1 is 1.22 bits per heavy atom. The number of ether oxygens (including phenoxy) is 1. The minimum atomic E-state index is -0.593. The highest BCUT2D eigenvalue weighted by Gasteiger charge is 2.24. The summed E-state index contributed by atoms with van der Waals surface area (Å²) in [7, 11) is 0. The predicted octanol–water partition coefficient (Wildman–Crippen LogP) is 4.64. The zero-order valence-corrected chi connectivity index (χ0v) is 14.7. The second-order valence-electron chi connectivity index (χ2n) is 6.10. The SMILES string of the molecule is CC(C)(C)OC(=O)n1c(-c2ccccn2)nc2cc(Br)ccc21. The molecule has 0 aliphatic carbocycles. The first-order chi connectivity index (χ1) is 10.8. The first-order valence-electron chi connectivity index (χ1n) is 7.18. The highest BCUT2D eigenvalue weighted by Crippen LogP contribution is 2.27. The van der Waals surface area contributed by atoms with Crippen LogP contribution in [-0.2, 0) is 4.74 Å². The van der Waals surface area contributed by atoms with Crippen LogP contribution in [0.15, 0.2) is 47.1 Å². The standard InChI is InChI=1S/C17H16BrN3O2/c1-17(2,3)23-16(22)21-14-8-7-11(18)10-13(14)20-15(21)12-6-4-5-9-19-12/h4-10H,1-3H3. The predicted molar refractivity (Wildman–Crippen MR) is 92.3 cm³/mol. The summed E-state index contributed by atoms with van der Waals surface area (Å²) in [6, 6.07) is 11.1. The first-order valence-corrected chi connectivity index (χ1v) is 7.97. The molecule has 3 aromatic rings. The molecule has 0 N–H and O–H groups in total. The van der Waals surface area contributed by atoms with Gasteiger partial charge in [-0.1, -0.05) is 22.0 Å². The Hall–Kier alpha value is -2.21. The summed E-state index contributed by atoms with van der Waals surface area (Å²) >= 11 is 3.43. The zero-order chi connectivity index (χ0) is 16.6. The van der Waals surface area contributed by atoms with Crippen LogP contribution >= 0.6 is 15.9 Å². The molecule has 0 atom stereocenters. The van der Waals surface area contributed by atoms with Gasteiger partial charge >= 0.3 is 6.09 Å². The van der Waals surface area contributed by atoms with Crippen LogP contribution < -0.4 is 0 Å². The topological polar surface area (TPSA) is 57.0 Å². The number of nitrogens with zero attached hydrogens (tertiary/aromatic N) is 3. The Bertz CT molecular complexity index is 867. The molecule has 5 nitrogen and oxygen atoms in total. The average molecular weight is 374 g/mol. The number of hydrogen-bond donors (Lipinski definition) is 0. The maximum absolute atomic E-state index is 12.7. The Morgan fingerprint density at radius 2 is 2.00 bits per heavy atom. The molecule has 0 aliphatic heterocycles. The summed E-state index contributed by atoms with van der Waals surface area (Å²) in [4.78, 5) is 21.5. The molecule has 0 fully saturated rings. The fourth-order valence-corrected chi connectivity index (χ4v) is 2.56. The molecular weight excluding hydrogens is 358 g/mol. The minimum absolute atomic E-state index is 0.466. The molecule has 0 amide bonds. The van der Waals surface area contributed by atoms with Gasteiger partial charge in [0, 0.05) is 10.7 Å². The van der Waals surface area contributed by atoms with Crippen molar-refractivity contribution in [3.8, 4) is 11.5 Å². The van der Waals surface area contributed by atoms with Crippen molar-refractivity contribution in [3.63, 3.8) is 0 Å². The fourth-order valence-electron chi connectivity index (χ4n) is 2.21. The van der Waals surface area contributed by atoms with Crippen molar-refractivity contribution < 1.29 is 9.53 Å². The van der Waals surface area contributed by atoms with E-state index in [2.05, 4.69) is 25.9 Å². The lowest BCUT2D eigenvalue weighted by molar-refractivity contribution is 0.0546. The van der Waals surface area contributed by atoms with E-state index >= 15 is 0 Å². The smallest absolute Gasteiger partial charge is 0.420 e. The molecule has 2 aromatic heterocycles. The molecule has 6 heteroatoms. The average Bonchev–Trinajstić information content (AvgIpc) is 2.85. The van der Waals surface area contributed by atoms with Crippen molar-refractivity contribution in [1.82, 2.24) is 14.5 Å². The van der Waals surface area contributed by atoms with Crippen molar-refractivity contribution in [2.24, 2.45) is 0 Å². The van der Waals surface area contributed by atoms with E-state index in [9.17, 15) is 4.79 Å². The van der Waals surface area contributed by atoms with Crippen molar-refractivity contribution in [2.45, 2.75) is 26.4 Å². The van der Waals surface area contributed by atoms with E-state index in [1.165, 1.54) is 4.57 Å². The number of carbonyl (C=O) groups excluding carboxylic acids is 1. The van der Waals surface area contributed by atoms with Gasteiger partial charge in [-0.15, -0.1) is 0 Å². The molecule has 118 valence electrons. The number of halogens is 1. The van der Waals surface area contributed by atoms with Crippen molar-refractivity contribution in [2.75, 3.05) is 0 Å². The van der Waals surface area contributed by atoms with Crippen LogP contribution in [0.5, 0.6) is 0 Å². The molecule has 0 unspecified atom stereocenters. The van der Waals surface area contributed by atoms with Crippen LogP contribution in [0.1, 0.15) is 20.8 Å². The van der Waals surface area contributed by atoms with Crippen LogP contribution in [0.2, 0.25) is 0 Å². The van der Waals surface area contributed by atoms with Gasteiger partial charge in [-0.05, 0) is 51.1 Å². The number of aromatic nitrogens is 3. The molecule has 0 aliphatic rings. The molecule has 2 heterocycles. The molecule has 0 saturated heterocycles. The lowest BCUT2D eigenvalue weighted by atomic mass is 10.2. The summed E-state index contributed by atoms with van der Waals surface area (Å²) in [5.74, 6) is 0.466. The van der Waals surface area contributed by atoms with Gasteiger partial charge in [0.05, 0.1) is 11.0 Å². The minimum Gasteiger partial charge on any atom is -0.443 e. The monoisotopic (exact) mass is 373 g/mol. The Labute approximate surface area is 142 Å². The van der Waals surface area contributed by atoms with E-state index in [4.69, 9.17) is 4.74 Å². The fraction of sp³-hybridized carbons (Fsp3) is 0.235. The van der Waals surface area contributed by atoms with Gasteiger partial charge in [-0.25, -0.2) is 14.3 Å². The van der Waals surface area contributed by atoms with Gasteiger partial charge in [0.25, 0.3) is 0 Å². The number of rotatable bonds is 1. The highest BCUT2D eigenvalue weighted by molar-refractivity contribution is 9.10. The van der Waals surface area contributed by atoms with Gasteiger partial charge in [-0.2, -0.15) is 0 Å². The van der Waals surface area contributed by atoms with E-state index in [0.717, 1.165) is 4.47 Å². The number of fused-ring (bicyclic) bond motifs is 1. The molecule has 0 spiro atoms. The summed E-state index contributed by atoms with van der Waals surface area (Å²) in [6.07, 6.45) is 1.20. The number of pyridine rings is 1. The van der Waals surface area contributed by atoms with Crippen molar-refractivity contribution in [1.29, 1.82) is 0 Å². The maximum atomic E-state index is 12.7. The number of imidazole rings is 1. The van der Waals surface area contributed by atoms with E-state index < -0.39 is 11.7 Å². The quantitative estimate of drug-likeness (QED) is 0.623. The van der Waals surface area contributed by atoms with Gasteiger partial charge in [0.15, 0.2) is 5.82 Å². The summed E-state index contributed by atoms with van der Waals surface area (Å²) < 4.78 is 7.89. The number of hydrogen-bond acceptors (Lipinski definition) is 4. The van der Waals surface area contributed by atoms with Crippen molar-refractivity contribution in [3.05, 3.63) is 47.1 Å². The third-order valence-electron chi connectivity index (χ3n) is 3.09. The molecule has 0 bridgehead atoms. The Balaban J connectivity index is 2.22. The van der Waals surface area contributed by atoms with Crippen molar-refractivity contribution >= 4 is 33.1 Å². The van der Waals surface area contributed by atoms with Crippen LogP contribution in [0.4, 0.5) is 4.79 Å². The molecule has 23 heavy (non-hydrogen) atoms. The van der Waals surface area contributed by atoms with E-state index in [1.54, 1.807) is 6.20 Å². The highest BCUT2D eigenvalue weighted by atomic mass is 79.9. The number of benzene rings is 1. The van der Waals surface area contributed by atoms with Gasteiger partial charge in [-0.3, -0.25) is 4.98 Å². The van der Waals surface area contributed by atoms with Gasteiger partial charge < -0.3 is 4.74 Å². The third-order valence-corrected chi connectivity index (χ3v) is 3.58. The summed E-state index contributed by atoms with van der Waals surface area (Å²) in [5, 5.41) is 0. The molecular formula is C17H16BrN3O2. The zero-order valence-electron chi connectivity index (χ0n) is 13.1. The van der Waals surface area contributed by atoms with E-state index in [-0.39, 0.29) is 0 Å². The van der Waals surface area contributed by atoms with Crippen LogP contribution in [0.3, 0.4) is 0 Å². The summed E-state index contributed by atoms with van der Waals surface area (Å²) in [5.41, 5.74) is 1.41. The molecule has 3 rings (SSSR count). The lowest BCUT2D eigenvalue weighted by Gasteiger charge is -2.20. The number of carbonyl (C=O) groups is 1. The molecule has 0 radical (unpaired) electrons. The Kier molecular flexibility index (Phi) is 3.93. The molecule has 0 saturated carbocycles. The Morgan fingerprint density at radius 3 is 2.65 bits per heavy atom. The second kappa shape index (κ2) is 5.77. The second-order valence-corrected chi connectivity index (χ2v) is 7.01. The first kappa shape index (κ1) is 15.7. The third kappa shape index (κ3) is 3.27. The largest absolute Gasteiger partial charge is 0.443 e. The molecule has 1 aromatic carbocycles. The van der Waals surface area contributed by atoms with Gasteiger partial charge in [0.1, 0.15) is 11.3 Å².